The lowest BCUT2D eigenvalue weighted by atomic mass is 10.0. The van der Waals surface area contributed by atoms with Gasteiger partial charge in [-0.1, -0.05) is 115 Å². The first-order valence-electron chi connectivity index (χ1n) is 15.6. The Morgan fingerprint density at radius 1 is 0.435 bits per heavy atom. The minimum atomic E-state index is 0.667. The molecule has 0 spiro atoms. The summed E-state index contributed by atoms with van der Waals surface area (Å²) >= 11 is 0. The van der Waals surface area contributed by atoms with E-state index in [1.54, 1.807) is 0 Å². The summed E-state index contributed by atoms with van der Waals surface area (Å²) in [5, 5.41) is 8.24. The summed E-state index contributed by atoms with van der Waals surface area (Å²) in [4.78, 5) is 10.2. The van der Waals surface area contributed by atoms with E-state index in [0.29, 0.717) is 5.95 Å². The molecule has 10 rings (SSSR count). The van der Waals surface area contributed by atoms with E-state index in [2.05, 4.69) is 155 Å². The molecule has 214 valence electrons. The van der Waals surface area contributed by atoms with Gasteiger partial charge in [-0.05, 0) is 52.9 Å². The van der Waals surface area contributed by atoms with Crippen LogP contribution in [-0.2, 0) is 0 Å². The van der Waals surface area contributed by atoms with Gasteiger partial charge >= 0.3 is 0 Å². The van der Waals surface area contributed by atoms with E-state index in [-0.39, 0.29) is 0 Å². The molecule has 10 aromatic rings. The van der Waals surface area contributed by atoms with Crippen LogP contribution in [0.2, 0.25) is 0 Å². The van der Waals surface area contributed by atoms with Crippen LogP contribution in [0.15, 0.2) is 158 Å². The number of para-hydroxylation sites is 2. The highest BCUT2D eigenvalue weighted by Crippen LogP contribution is 2.43. The summed E-state index contributed by atoms with van der Waals surface area (Å²) in [5.74, 6) is 0.667. The molecule has 0 bridgehead atoms. The zero-order valence-corrected chi connectivity index (χ0v) is 24.8. The molecule has 0 saturated heterocycles. The molecule has 46 heavy (non-hydrogen) atoms. The van der Waals surface area contributed by atoms with E-state index in [1.165, 1.54) is 43.4 Å². The summed E-state index contributed by atoms with van der Waals surface area (Å²) in [6.45, 7) is 0. The minimum Gasteiger partial charge on any atom is -0.309 e. The quantitative estimate of drug-likeness (QED) is 0.206. The number of rotatable bonds is 3. The molecule has 0 aliphatic carbocycles. The summed E-state index contributed by atoms with van der Waals surface area (Å²) in [7, 11) is 0. The van der Waals surface area contributed by atoms with Gasteiger partial charge < -0.3 is 4.57 Å². The Bertz CT molecular complexity index is 2790. The third-order valence-electron chi connectivity index (χ3n) is 9.34. The highest BCUT2D eigenvalue weighted by Gasteiger charge is 2.22. The second-order valence-corrected chi connectivity index (χ2v) is 11.9. The second kappa shape index (κ2) is 9.62. The first-order valence-corrected chi connectivity index (χ1v) is 15.6. The van der Waals surface area contributed by atoms with Crippen molar-refractivity contribution >= 4 is 65.3 Å². The van der Waals surface area contributed by atoms with Gasteiger partial charge in [-0.3, -0.25) is 4.57 Å². The summed E-state index contributed by atoms with van der Waals surface area (Å²) in [6, 6.07) is 53.9. The van der Waals surface area contributed by atoms with Crippen LogP contribution in [0, 0.1) is 0 Å². The molecule has 0 fully saturated rings. The average molecular weight is 587 g/mol. The molecule has 0 saturated carbocycles. The first kappa shape index (κ1) is 25.1. The molecule has 4 nitrogen and oxygen atoms in total. The maximum atomic E-state index is 5.20. The van der Waals surface area contributed by atoms with Gasteiger partial charge in [0.2, 0.25) is 5.95 Å². The molecule has 0 amide bonds. The standard InChI is InChI=1S/C42H26N4/c1-3-11-27(12-4-1)29-20-23-36-30(25-29)26-43-42(44-36)46-37-18-10-9-17-33(37)34-22-24-38-39(41(34)46)35-21-19-28-13-7-8-16-32(28)40(35)45(38)31-14-5-2-6-15-31/h1-26H. The third-order valence-corrected chi connectivity index (χ3v) is 9.34. The van der Waals surface area contributed by atoms with Crippen molar-refractivity contribution in [3.05, 3.63) is 158 Å². The van der Waals surface area contributed by atoms with Crippen molar-refractivity contribution in [2.75, 3.05) is 0 Å². The maximum Gasteiger partial charge on any atom is 0.235 e. The molecule has 7 aromatic carbocycles. The van der Waals surface area contributed by atoms with Crippen molar-refractivity contribution in [2.45, 2.75) is 0 Å². The summed E-state index contributed by atoms with van der Waals surface area (Å²) in [6.07, 6.45) is 1.96. The SMILES string of the molecule is c1ccc(-c2ccc3nc(-n4c5ccccc5c5ccc6c(c7ccc8ccccc8c7n6-c6ccccc6)c54)ncc3c2)cc1. The van der Waals surface area contributed by atoms with Gasteiger partial charge in [-0.2, -0.15) is 0 Å². The Hall–Kier alpha value is -6.26. The van der Waals surface area contributed by atoms with Crippen molar-refractivity contribution < 1.29 is 0 Å². The number of fused-ring (bicyclic) bond motifs is 10. The van der Waals surface area contributed by atoms with Crippen LogP contribution in [0.4, 0.5) is 0 Å². The van der Waals surface area contributed by atoms with Crippen LogP contribution in [0.3, 0.4) is 0 Å². The first-order chi connectivity index (χ1) is 22.8. The fraction of sp³-hybridized carbons (Fsp3) is 0. The lowest BCUT2D eigenvalue weighted by Gasteiger charge is -2.10. The largest absolute Gasteiger partial charge is 0.309 e. The van der Waals surface area contributed by atoms with Gasteiger partial charge in [0.05, 0.1) is 27.6 Å². The average Bonchev–Trinajstić information content (AvgIpc) is 3.65. The molecule has 4 heteroatoms. The van der Waals surface area contributed by atoms with Crippen LogP contribution in [-0.4, -0.2) is 19.1 Å². The van der Waals surface area contributed by atoms with Crippen molar-refractivity contribution in [1.29, 1.82) is 0 Å². The zero-order valence-electron chi connectivity index (χ0n) is 24.8. The van der Waals surface area contributed by atoms with Crippen molar-refractivity contribution in [3.63, 3.8) is 0 Å². The number of hydrogen-bond donors (Lipinski definition) is 0. The van der Waals surface area contributed by atoms with Crippen LogP contribution >= 0.6 is 0 Å². The van der Waals surface area contributed by atoms with Crippen molar-refractivity contribution in [2.24, 2.45) is 0 Å². The number of aromatic nitrogens is 4. The molecule has 0 aliphatic rings. The van der Waals surface area contributed by atoms with Crippen LogP contribution in [0.5, 0.6) is 0 Å². The van der Waals surface area contributed by atoms with E-state index >= 15 is 0 Å². The predicted octanol–water partition coefficient (Wildman–Crippen LogP) is 10.6. The summed E-state index contributed by atoms with van der Waals surface area (Å²) in [5.41, 5.74) is 8.96. The van der Waals surface area contributed by atoms with E-state index in [0.717, 1.165) is 38.7 Å². The zero-order chi connectivity index (χ0) is 30.2. The lowest BCUT2D eigenvalue weighted by Crippen LogP contribution is -2.01. The van der Waals surface area contributed by atoms with Gasteiger partial charge in [0.25, 0.3) is 0 Å². The topological polar surface area (TPSA) is 35.6 Å². The molecule has 0 atom stereocenters. The molecule has 3 aromatic heterocycles. The fourth-order valence-corrected chi connectivity index (χ4v) is 7.31. The smallest absolute Gasteiger partial charge is 0.235 e. The second-order valence-electron chi connectivity index (χ2n) is 11.9. The van der Waals surface area contributed by atoms with Crippen molar-refractivity contribution in [3.8, 4) is 22.8 Å². The van der Waals surface area contributed by atoms with Gasteiger partial charge in [-0.25, -0.2) is 9.97 Å². The Balaban J connectivity index is 1.33. The van der Waals surface area contributed by atoms with Crippen molar-refractivity contribution in [1.82, 2.24) is 19.1 Å². The fourth-order valence-electron chi connectivity index (χ4n) is 7.31. The Kier molecular flexibility index (Phi) is 5.25. The molecule has 0 unspecified atom stereocenters. The predicted molar refractivity (Wildman–Crippen MR) is 191 cm³/mol. The lowest BCUT2D eigenvalue weighted by molar-refractivity contribution is 1.01. The van der Waals surface area contributed by atoms with Gasteiger partial charge in [0, 0.05) is 44.2 Å². The van der Waals surface area contributed by atoms with E-state index in [9.17, 15) is 0 Å². The maximum absolute atomic E-state index is 5.20. The molecule has 0 N–H and O–H groups in total. The molecule has 0 radical (unpaired) electrons. The van der Waals surface area contributed by atoms with Crippen LogP contribution < -0.4 is 0 Å². The molecule has 0 aliphatic heterocycles. The third kappa shape index (κ3) is 3.55. The van der Waals surface area contributed by atoms with Crippen LogP contribution in [0.1, 0.15) is 0 Å². The highest BCUT2D eigenvalue weighted by molar-refractivity contribution is 6.29. The van der Waals surface area contributed by atoms with Crippen LogP contribution in [0.25, 0.3) is 88.0 Å². The normalized spacial score (nSPS) is 11.9. The number of nitrogens with zero attached hydrogens (tertiary/aromatic N) is 4. The number of benzene rings is 7. The highest BCUT2D eigenvalue weighted by atomic mass is 15.2. The van der Waals surface area contributed by atoms with E-state index < -0.39 is 0 Å². The Morgan fingerprint density at radius 2 is 1.17 bits per heavy atom. The van der Waals surface area contributed by atoms with Gasteiger partial charge in [0.1, 0.15) is 0 Å². The monoisotopic (exact) mass is 586 g/mol. The van der Waals surface area contributed by atoms with Gasteiger partial charge in [-0.15, -0.1) is 0 Å². The van der Waals surface area contributed by atoms with Gasteiger partial charge in [0.15, 0.2) is 0 Å². The molecular weight excluding hydrogens is 560 g/mol. The molecular formula is C42H26N4. The Morgan fingerprint density at radius 3 is 2.04 bits per heavy atom. The van der Waals surface area contributed by atoms with E-state index in [1.807, 2.05) is 12.3 Å². The summed E-state index contributed by atoms with van der Waals surface area (Å²) < 4.78 is 4.68. The molecule has 3 heterocycles. The van der Waals surface area contributed by atoms with E-state index in [4.69, 9.17) is 9.97 Å². The Labute approximate surface area is 264 Å². The number of hydrogen-bond acceptors (Lipinski definition) is 2. The minimum absolute atomic E-state index is 0.667.